The number of likely N-dealkylation sites (N-methyl/N-ethyl adjacent to an activating group) is 1. The van der Waals surface area contributed by atoms with Crippen LogP contribution in [-0.4, -0.2) is 57.5 Å². The van der Waals surface area contributed by atoms with Crippen LogP contribution >= 0.6 is 0 Å². The van der Waals surface area contributed by atoms with E-state index in [2.05, 4.69) is 56.9 Å². The molecule has 176 valence electrons. The summed E-state index contributed by atoms with van der Waals surface area (Å²) >= 11 is 0. The second-order valence-corrected chi connectivity index (χ2v) is 9.07. The van der Waals surface area contributed by atoms with E-state index in [1.54, 1.807) is 0 Å². The average molecular weight is 439 g/mol. The van der Waals surface area contributed by atoms with E-state index >= 15 is 0 Å². The Labute approximate surface area is 194 Å². The smallest absolute Gasteiger partial charge is 0.272 e. The lowest BCUT2D eigenvalue weighted by atomic mass is 10.0. The van der Waals surface area contributed by atoms with Crippen molar-refractivity contribution in [2.45, 2.75) is 78.7 Å². The molecule has 1 atom stereocenters. The van der Waals surface area contributed by atoms with Gasteiger partial charge in [-0.2, -0.15) is 0 Å². The number of hydrogen-bond donors (Lipinski definition) is 0. The van der Waals surface area contributed by atoms with Crippen molar-refractivity contribution in [3.05, 3.63) is 41.2 Å². The number of benzene rings is 1. The third-order valence-electron chi connectivity index (χ3n) is 6.99. The summed E-state index contributed by atoms with van der Waals surface area (Å²) in [6, 6.07) is 9.19. The highest BCUT2D eigenvalue weighted by molar-refractivity contribution is 5.95. The van der Waals surface area contributed by atoms with Gasteiger partial charge in [-0.05, 0) is 50.4 Å². The lowest BCUT2D eigenvalue weighted by Crippen LogP contribution is -2.39. The molecule has 0 aliphatic carbocycles. The number of aryl methyl sites for hydroxylation is 2. The summed E-state index contributed by atoms with van der Waals surface area (Å²) in [5, 5.41) is 0. The summed E-state index contributed by atoms with van der Waals surface area (Å²) in [4.78, 5) is 23.0. The number of likely N-dealkylation sites (tertiary alicyclic amines) is 1. The van der Waals surface area contributed by atoms with E-state index in [1.165, 1.54) is 31.2 Å². The predicted octanol–water partition coefficient (Wildman–Crippen LogP) is 5.33. The standard InChI is InChI=1S/C27H42N4O/c1-6-10-11-12-14-21-15-13-16-22(19-21)26-28-24(7-2)25(29(26)5)27(32)31-18-17-23(20-31)30(8-3)9-4/h13,15-16,19,23H,6-12,14,17-18,20H2,1-5H3. The van der Waals surface area contributed by atoms with Crippen molar-refractivity contribution in [3.8, 4) is 11.4 Å². The molecule has 1 aliphatic heterocycles. The fourth-order valence-corrected chi connectivity index (χ4v) is 5.06. The molecule has 2 aromatic rings. The maximum Gasteiger partial charge on any atom is 0.272 e. The number of carbonyl (C=O) groups is 1. The van der Waals surface area contributed by atoms with Gasteiger partial charge in [-0.3, -0.25) is 9.69 Å². The Bertz CT molecular complexity index is 884. The van der Waals surface area contributed by atoms with E-state index in [9.17, 15) is 4.79 Å². The van der Waals surface area contributed by atoms with Crippen molar-refractivity contribution < 1.29 is 4.79 Å². The second-order valence-electron chi connectivity index (χ2n) is 9.07. The first kappa shape index (κ1) is 24.5. The van der Waals surface area contributed by atoms with Crippen LogP contribution < -0.4 is 0 Å². The van der Waals surface area contributed by atoms with Crippen molar-refractivity contribution in [1.82, 2.24) is 19.4 Å². The number of imidazole rings is 1. The van der Waals surface area contributed by atoms with Gasteiger partial charge in [0, 0.05) is 31.7 Å². The number of unbranched alkanes of at least 4 members (excludes halogenated alkanes) is 3. The predicted molar refractivity (Wildman–Crippen MR) is 133 cm³/mol. The van der Waals surface area contributed by atoms with E-state index < -0.39 is 0 Å². The lowest BCUT2D eigenvalue weighted by Gasteiger charge is -2.26. The van der Waals surface area contributed by atoms with Crippen LogP contribution in [-0.2, 0) is 19.9 Å². The number of nitrogens with zero attached hydrogens (tertiary/aromatic N) is 4. The number of amides is 1. The van der Waals surface area contributed by atoms with E-state index in [-0.39, 0.29) is 5.91 Å². The monoisotopic (exact) mass is 438 g/mol. The minimum Gasteiger partial charge on any atom is -0.336 e. The summed E-state index contributed by atoms with van der Waals surface area (Å²) in [6.45, 7) is 12.5. The zero-order chi connectivity index (χ0) is 23.1. The summed E-state index contributed by atoms with van der Waals surface area (Å²) in [5.41, 5.74) is 4.13. The molecule has 32 heavy (non-hydrogen) atoms. The van der Waals surface area contributed by atoms with Crippen molar-refractivity contribution >= 4 is 5.91 Å². The van der Waals surface area contributed by atoms with E-state index in [4.69, 9.17) is 4.98 Å². The van der Waals surface area contributed by atoms with Crippen molar-refractivity contribution in [1.29, 1.82) is 0 Å². The summed E-state index contributed by atoms with van der Waals surface area (Å²) < 4.78 is 2.03. The molecule has 1 unspecified atom stereocenters. The molecular weight excluding hydrogens is 396 g/mol. The first-order valence-electron chi connectivity index (χ1n) is 12.7. The van der Waals surface area contributed by atoms with Gasteiger partial charge in [0.2, 0.25) is 0 Å². The zero-order valence-corrected chi connectivity index (χ0v) is 20.9. The summed E-state index contributed by atoms with van der Waals surface area (Å²) in [5.74, 6) is 1.04. The first-order valence-corrected chi connectivity index (χ1v) is 12.7. The summed E-state index contributed by atoms with van der Waals surface area (Å²) in [7, 11) is 2.00. The molecule has 1 fully saturated rings. The Kier molecular flexibility index (Phi) is 8.92. The van der Waals surface area contributed by atoms with Gasteiger partial charge in [0.25, 0.3) is 5.91 Å². The van der Waals surface area contributed by atoms with Gasteiger partial charge in [-0.15, -0.1) is 0 Å². The summed E-state index contributed by atoms with van der Waals surface area (Å²) in [6.07, 6.45) is 7.99. The van der Waals surface area contributed by atoms with E-state index in [0.29, 0.717) is 6.04 Å². The highest BCUT2D eigenvalue weighted by Gasteiger charge is 2.32. The molecule has 1 saturated heterocycles. The number of carbonyl (C=O) groups excluding carboxylic acids is 1. The van der Waals surface area contributed by atoms with Gasteiger partial charge in [0.15, 0.2) is 0 Å². The van der Waals surface area contributed by atoms with Gasteiger partial charge in [-0.1, -0.05) is 65.2 Å². The van der Waals surface area contributed by atoms with Crippen LogP contribution in [0.15, 0.2) is 24.3 Å². The molecule has 1 aromatic heterocycles. The molecule has 5 nitrogen and oxygen atoms in total. The molecule has 5 heteroatoms. The van der Waals surface area contributed by atoms with Gasteiger partial charge in [-0.25, -0.2) is 4.98 Å². The highest BCUT2D eigenvalue weighted by atomic mass is 16.2. The molecule has 0 N–H and O–H groups in total. The molecule has 2 heterocycles. The molecule has 0 bridgehead atoms. The maximum absolute atomic E-state index is 13.6. The fourth-order valence-electron chi connectivity index (χ4n) is 5.06. The van der Waals surface area contributed by atoms with Crippen LogP contribution in [0.4, 0.5) is 0 Å². The van der Waals surface area contributed by atoms with Gasteiger partial charge >= 0.3 is 0 Å². The largest absolute Gasteiger partial charge is 0.336 e. The van der Waals surface area contributed by atoms with Crippen LogP contribution in [0, 0.1) is 0 Å². The van der Waals surface area contributed by atoms with Crippen molar-refractivity contribution in [3.63, 3.8) is 0 Å². The topological polar surface area (TPSA) is 41.4 Å². The third kappa shape index (κ3) is 5.43. The molecule has 0 spiro atoms. The van der Waals surface area contributed by atoms with Gasteiger partial charge in [0.05, 0.1) is 5.69 Å². The molecule has 0 radical (unpaired) electrons. The van der Waals surface area contributed by atoms with Crippen molar-refractivity contribution in [2.75, 3.05) is 26.2 Å². The molecule has 0 saturated carbocycles. The van der Waals surface area contributed by atoms with E-state index in [1.807, 2.05) is 16.5 Å². The Balaban J connectivity index is 1.80. The van der Waals surface area contributed by atoms with Crippen LogP contribution in [0.5, 0.6) is 0 Å². The van der Waals surface area contributed by atoms with Crippen LogP contribution in [0.25, 0.3) is 11.4 Å². The Morgan fingerprint density at radius 2 is 1.91 bits per heavy atom. The molecule has 1 aliphatic rings. The number of rotatable bonds is 11. The van der Waals surface area contributed by atoms with E-state index in [0.717, 1.165) is 68.2 Å². The highest BCUT2D eigenvalue weighted by Crippen LogP contribution is 2.26. The Morgan fingerprint density at radius 1 is 1.12 bits per heavy atom. The quantitative estimate of drug-likeness (QED) is 0.445. The minimum absolute atomic E-state index is 0.133. The SMILES string of the molecule is CCCCCCc1cccc(-c2nc(CC)c(C(=O)N3CCC(N(CC)CC)C3)n2C)c1. The normalized spacial score (nSPS) is 16.3. The maximum atomic E-state index is 13.6. The van der Waals surface area contributed by atoms with Crippen LogP contribution in [0.1, 0.15) is 81.5 Å². The number of aromatic nitrogens is 2. The van der Waals surface area contributed by atoms with Crippen LogP contribution in [0.2, 0.25) is 0 Å². The first-order chi connectivity index (χ1) is 15.5. The molecule has 3 rings (SSSR count). The number of hydrogen-bond acceptors (Lipinski definition) is 3. The van der Waals surface area contributed by atoms with Gasteiger partial charge < -0.3 is 9.47 Å². The third-order valence-corrected chi connectivity index (χ3v) is 6.99. The average Bonchev–Trinajstić information content (AvgIpc) is 3.42. The van der Waals surface area contributed by atoms with Crippen LogP contribution in [0.3, 0.4) is 0 Å². The minimum atomic E-state index is 0.133. The Morgan fingerprint density at radius 3 is 2.59 bits per heavy atom. The molecule has 1 amide bonds. The lowest BCUT2D eigenvalue weighted by molar-refractivity contribution is 0.0767. The van der Waals surface area contributed by atoms with Gasteiger partial charge in [0.1, 0.15) is 11.5 Å². The zero-order valence-electron chi connectivity index (χ0n) is 20.9. The second kappa shape index (κ2) is 11.6. The molecule has 1 aromatic carbocycles. The van der Waals surface area contributed by atoms with Crippen molar-refractivity contribution in [2.24, 2.45) is 7.05 Å². The fraction of sp³-hybridized carbons (Fsp3) is 0.630. The molecular formula is C27H42N4O. The Hall–Kier alpha value is -2.14.